The van der Waals surface area contributed by atoms with E-state index in [9.17, 15) is 84.7 Å². The van der Waals surface area contributed by atoms with Gasteiger partial charge in [-0.3, -0.25) is 22.8 Å². The highest BCUT2D eigenvalue weighted by Crippen LogP contribution is 2.41. The summed E-state index contributed by atoms with van der Waals surface area (Å²) in [5.74, 6) is -4.05. The Morgan fingerprint density at radius 3 is 1.14 bits per heavy atom. The minimum atomic E-state index is -4.90. The maximum atomic E-state index is 13.6. The van der Waals surface area contributed by atoms with E-state index in [4.69, 9.17) is 24.4 Å². The summed E-state index contributed by atoms with van der Waals surface area (Å²) in [6, 6.07) is 61.2. The molecule has 764 valence electrons. The second kappa shape index (κ2) is 48.6. The van der Waals surface area contributed by atoms with Gasteiger partial charge in [-0.2, -0.15) is 139 Å². The number of carboxylic acid groups (broad SMARTS) is 2. The van der Waals surface area contributed by atoms with Crippen molar-refractivity contribution >= 4 is 189 Å². The van der Waals surface area contributed by atoms with Crippen LogP contribution in [0, 0.1) is 27.7 Å². The Balaban J connectivity index is 0.747. The van der Waals surface area contributed by atoms with Crippen molar-refractivity contribution in [1.29, 1.82) is 0 Å². The Kier molecular flexibility index (Phi) is 35.1. The molecule has 0 radical (unpaired) electrons. The summed E-state index contributed by atoms with van der Waals surface area (Å²) >= 11 is 0. The lowest BCUT2D eigenvalue weighted by Gasteiger charge is -2.19. The second-order valence-corrected chi connectivity index (χ2v) is 39.9. The zero-order chi connectivity index (χ0) is 106. The zero-order valence-corrected chi connectivity index (χ0v) is 83.3. The van der Waals surface area contributed by atoms with Gasteiger partial charge in [-0.05, 0) is 282 Å². The standard InChI is InChI=1S/C97H90N26O21S5/c1-6-45-143-86-56-83(123-121-80-44-36-74(55-89(80)149(140,141)142)117-109-65-17-11-8-12-18-65)59(3)49-63(86)53-91-102-90(52-62-21-41-77(58(2)48-62)118-114-68-26-22-66(23-27-68)110-112-70-30-37-75(38-31-70)146(131,132)133)103-95(104-91)99-81(92(124)125)19-13-20-82(93(126)127)100-96-105-94(98-72-34-42-78(60(4)50-72)119-120-79-43-35-73(54-88(79)148(137,138)139)116-108-64-15-9-7-10-16-64)106-97(107-96)101-85-51-61(5)84(57-87(85)144-46-14-47-145(128,129)130)122-115-69-28-24-67(25-29-69)111-113-71-32-39-76(40-33-71)147(134,135)136/h7-12,15-18,21-44,48-51,54-57,81-82H,6,13-14,19-20,45-47,52-53H2,1-5H3,(H,124,125)(H,126,127)(H,128,129,130)(H,131,132,133)(H,134,135,136)(H,137,138,139)(H,140,141,142)(H,99,102,103,104)(H3,98,100,101,105,106,107). The zero-order valence-electron chi connectivity index (χ0n) is 79.2. The number of rotatable bonds is 46. The van der Waals surface area contributed by atoms with Gasteiger partial charge < -0.3 is 41.0 Å². The summed E-state index contributed by atoms with van der Waals surface area (Å²) < 4.78 is 183. The fourth-order valence-electron chi connectivity index (χ4n) is 13.9. The number of hydrogen-bond acceptors (Lipinski definition) is 40. The highest BCUT2D eigenvalue weighted by atomic mass is 32.2. The fraction of sp³-hybridized carbons (Fsp3) is 0.175. The normalized spacial score (nSPS) is 12.7. The van der Waals surface area contributed by atoms with E-state index in [2.05, 4.69) is 118 Å². The van der Waals surface area contributed by atoms with Gasteiger partial charge in [0.2, 0.25) is 23.8 Å². The third-order valence-corrected chi connectivity index (χ3v) is 25.6. The number of aliphatic carboxylic acids is 2. The molecule has 0 amide bonds. The van der Waals surface area contributed by atoms with Crippen molar-refractivity contribution < 1.29 is 94.1 Å². The van der Waals surface area contributed by atoms with Crippen LogP contribution in [0.1, 0.15) is 84.1 Å². The van der Waals surface area contributed by atoms with Crippen molar-refractivity contribution in [2.45, 2.75) is 111 Å². The lowest BCUT2D eigenvalue weighted by molar-refractivity contribution is -0.138. The Hall–Kier alpha value is -17.3. The number of carboxylic acids is 2. The molecule has 2 aromatic heterocycles. The van der Waals surface area contributed by atoms with Crippen molar-refractivity contribution in [2.75, 3.05) is 40.2 Å². The highest BCUT2D eigenvalue weighted by molar-refractivity contribution is 7.87. The molecule has 52 heteroatoms. The third kappa shape index (κ3) is 31.9. The van der Waals surface area contributed by atoms with E-state index in [-0.39, 0.29) is 160 Å². The molecule has 0 spiro atoms. The van der Waals surface area contributed by atoms with Crippen molar-refractivity contribution in [3.63, 3.8) is 0 Å². The quantitative estimate of drug-likeness (QED) is 0.00959. The van der Waals surface area contributed by atoms with E-state index in [0.717, 1.165) is 12.1 Å². The van der Waals surface area contributed by atoms with Crippen LogP contribution in [0.5, 0.6) is 11.5 Å². The first-order chi connectivity index (χ1) is 71.1. The van der Waals surface area contributed by atoms with Crippen molar-refractivity contribution in [2.24, 2.45) is 81.8 Å². The van der Waals surface area contributed by atoms with Gasteiger partial charge in [0.1, 0.15) is 56.4 Å². The first-order valence-electron chi connectivity index (χ1n) is 44.8. The van der Waals surface area contributed by atoms with E-state index in [1.165, 1.54) is 91.0 Å². The number of carbonyl (C=O) groups is 2. The van der Waals surface area contributed by atoms with Gasteiger partial charge in [-0.25, -0.2) is 14.6 Å². The fourth-order valence-corrected chi connectivity index (χ4v) is 16.6. The molecular formula is C97H90N26O21S5. The molecule has 0 saturated carbocycles. The Morgan fingerprint density at radius 2 is 0.691 bits per heavy atom. The molecule has 0 aliphatic heterocycles. The lowest BCUT2D eigenvalue weighted by atomic mass is 10.0. The molecule has 14 rings (SSSR count). The molecule has 11 N–H and O–H groups in total. The SMILES string of the molecule is CCCOc1cc(N=Nc2ccc(N=Nc3ccccc3)cc2S(=O)(=O)O)c(C)cc1Cc1nc(Cc2ccc(N=Nc3ccc(N=Nc4ccc(S(=O)(=O)O)cc4)cc3)c(C)c2)nc(NC(CCCC(Nc2nc(Nc3ccc(N=Nc4ccc(N=Nc5ccccc5)cc4S(=O)(=O)O)c(C)c3)nc(Nc3cc(C)c(N=Nc4ccc(N=Nc5ccc(S(=O)(=O)O)cc5)cc4)cc3OCCCS(=O)(=O)O)n2)C(=O)O)C(=O)O)n1. The van der Waals surface area contributed by atoms with Crippen molar-refractivity contribution in [1.82, 2.24) is 29.9 Å². The number of nitrogens with zero attached hydrogens (tertiary/aromatic N) is 22. The summed E-state index contributed by atoms with van der Waals surface area (Å²) in [7, 11) is -23.1. The van der Waals surface area contributed by atoms with Crippen LogP contribution >= 0.6 is 0 Å². The molecule has 2 unspecified atom stereocenters. The third-order valence-electron chi connectivity index (χ3n) is 21.3. The molecule has 14 aromatic rings. The van der Waals surface area contributed by atoms with Gasteiger partial charge in [0.05, 0.1) is 114 Å². The molecule has 0 aliphatic carbocycles. The number of nitrogens with one attached hydrogen (secondary N) is 4. The van der Waals surface area contributed by atoms with Gasteiger partial charge in [0, 0.05) is 36.2 Å². The Bertz CT molecular complexity index is 8200. The number of anilines is 6. The van der Waals surface area contributed by atoms with Gasteiger partial charge in [-0.1, -0.05) is 55.5 Å². The number of aromatic nitrogens is 6. The molecule has 0 aliphatic rings. The highest BCUT2D eigenvalue weighted by Gasteiger charge is 2.28. The maximum absolute atomic E-state index is 13.6. The van der Waals surface area contributed by atoms with E-state index in [1.807, 2.05) is 19.9 Å². The van der Waals surface area contributed by atoms with Crippen LogP contribution in [0.25, 0.3) is 0 Å². The number of hydrogen-bond donors (Lipinski definition) is 11. The minimum Gasteiger partial charge on any atom is -0.493 e. The van der Waals surface area contributed by atoms with Crippen LogP contribution in [-0.4, -0.2) is 148 Å². The Morgan fingerprint density at radius 1 is 0.329 bits per heavy atom. The molecule has 47 nitrogen and oxygen atoms in total. The van der Waals surface area contributed by atoms with Crippen molar-refractivity contribution in [3.8, 4) is 11.5 Å². The van der Waals surface area contributed by atoms with Crippen LogP contribution in [0.2, 0.25) is 0 Å². The first kappa shape index (κ1) is 107. The van der Waals surface area contributed by atoms with Gasteiger partial charge >= 0.3 is 11.9 Å². The summed E-state index contributed by atoms with van der Waals surface area (Å²) in [6.45, 7) is 8.63. The maximum Gasteiger partial charge on any atom is 0.326 e. The van der Waals surface area contributed by atoms with E-state index in [1.54, 1.807) is 166 Å². The van der Waals surface area contributed by atoms with Gasteiger partial charge in [0.15, 0.2) is 0 Å². The van der Waals surface area contributed by atoms with Gasteiger partial charge in [-0.15, -0.1) is 10.2 Å². The second-order valence-electron chi connectivity index (χ2n) is 32.7. The van der Waals surface area contributed by atoms with Crippen LogP contribution in [-0.2, 0) is 73.0 Å². The molecular weight excluding hydrogens is 2030 g/mol. The summed E-state index contributed by atoms with van der Waals surface area (Å²) in [5, 5.41) is 102. The average Bonchev–Trinajstić information content (AvgIpc) is 0.806. The monoisotopic (exact) mass is 2110 g/mol. The predicted molar refractivity (Wildman–Crippen MR) is 547 cm³/mol. The number of ether oxygens (including phenoxy) is 2. The first-order valence-corrected chi connectivity index (χ1v) is 52.2. The average molecular weight is 2120 g/mol. The molecule has 2 atom stereocenters. The molecule has 2 heterocycles. The largest absolute Gasteiger partial charge is 0.493 e. The van der Waals surface area contributed by atoms with Gasteiger partial charge in [0.25, 0.3) is 50.6 Å². The molecule has 0 bridgehead atoms. The molecule has 0 fully saturated rings. The van der Waals surface area contributed by atoms with E-state index >= 15 is 0 Å². The van der Waals surface area contributed by atoms with E-state index in [0.29, 0.717) is 91.0 Å². The predicted octanol–water partition coefficient (Wildman–Crippen LogP) is 24.3. The van der Waals surface area contributed by atoms with Crippen LogP contribution in [0.4, 0.5) is 126 Å². The smallest absolute Gasteiger partial charge is 0.326 e. The molecule has 12 aromatic carbocycles. The minimum absolute atomic E-state index is 0.00845. The summed E-state index contributed by atoms with van der Waals surface area (Å²) in [6.07, 6.45) is -0.436. The number of aryl methyl sites for hydroxylation is 4. The van der Waals surface area contributed by atoms with Crippen LogP contribution in [0.15, 0.2) is 356 Å². The van der Waals surface area contributed by atoms with Crippen molar-refractivity contribution in [3.05, 3.63) is 300 Å². The lowest BCUT2D eigenvalue weighted by Crippen LogP contribution is -2.33. The van der Waals surface area contributed by atoms with E-state index < -0.39 is 90.2 Å². The summed E-state index contributed by atoms with van der Waals surface area (Å²) in [5.41, 5.74) is 7.72. The van der Waals surface area contributed by atoms with Crippen LogP contribution < -0.4 is 30.7 Å². The molecule has 149 heavy (non-hydrogen) atoms. The topological polar surface area (TPSA) is 688 Å². The van der Waals surface area contributed by atoms with Crippen LogP contribution in [0.3, 0.4) is 0 Å². The Labute approximate surface area is 851 Å². The molecule has 0 saturated heterocycles. The number of benzene rings is 12. The number of azo groups is 8. The summed E-state index contributed by atoms with van der Waals surface area (Å²) in [4.78, 5) is 53.7.